The molecule has 0 saturated heterocycles. The molecule has 0 rings (SSSR count). The van der Waals surface area contributed by atoms with Gasteiger partial charge >= 0.3 is 6.09 Å². The van der Waals surface area contributed by atoms with Crippen molar-refractivity contribution in [2.24, 2.45) is 0 Å². The maximum atomic E-state index is 11.3. The van der Waals surface area contributed by atoms with Crippen molar-refractivity contribution in [2.45, 2.75) is 58.7 Å². The lowest BCUT2D eigenvalue weighted by atomic mass is 10.0. The third-order valence-electron chi connectivity index (χ3n) is 2.47. The lowest BCUT2D eigenvalue weighted by Gasteiger charge is -2.22. The Bertz CT molecular complexity index is 247. The molecule has 1 amide bonds. The highest BCUT2D eigenvalue weighted by molar-refractivity contribution is 5.67. The van der Waals surface area contributed by atoms with E-state index < -0.39 is 11.2 Å². The van der Waals surface area contributed by atoms with Crippen LogP contribution in [0.25, 0.3) is 0 Å². The van der Waals surface area contributed by atoms with E-state index in [0.717, 1.165) is 19.4 Å². The van der Waals surface area contributed by atoms with Crippen LogP contribution in [0.15, 0.2) is 0 Å². The van der Waals surface area contributed by atoms with Gasteiger partial charge in [-0.15, -0.1) is 0 Å². The Morgan fingerprint density at radius 1 is 1.22 bits per heavy atom. The average Bonchev–Trinajstić information content (AvgIpc) is 2.20. The molecule has 0 radical (unpaired) electrons. The zero-order chi connectivity index (χ0) is 14.2. The SMILES string of the molecule is CCC(C)(O)CNCCCNC(=O)OC(C)(C)C. The van der Waals surface area contributed by atoms with Crippen LogP contribution in [0.4, 0.5) is 4.79 Å². The lowest BCUT2D eigenvalue weighted by Crippen LogP contribution is -2.38. The van der Waals surface area contributed by atoms with E-state index in [2.05, 4.69) is 10.6 Å². The minimum atomic E-state index is -0.654. The van der Waals surface area contributed by atoms with Gasteiger partial charge in [0.2, 0.25) is 0 Å². The van der Waals surface area contributed by atoms with Crippen molar-refractivity contribution < 1.29 is 14.6 Å². The highest BCUT2D eigenvalue weighted by atomic mass is 16.6. The zero-order valence-corrected chi connectivity index (χ0v) is 12.3. The Morgan fingerprint density at radius 3 is 2.33 bits per heavy atom. The molecule has 5 nitrogen and oxygen atoms in total. The second-order valence-electron chi connectivity index (χ2n) is 5.81. The Labute approximate surface area is 110 Å². The largest absolute Gasteiger partial charge is 0.444 e. The number of amides is 1. The van der Waals surface area contributed by atoms with Gasteiger partial charge < -0.3 is 20.5 Å². The van der Waals surface area contributed by atoms with E-state index in [1.165, 1.54) is 0 Å². The summed E-state index contributed by atoms with van der Waals surface area (Å²) < 4.78 is 5.11. The topological polar surface area (TPSA) is 70.6 Å². The Kier molecular flexibility index (Phi) is 7.25. The predicted molar refractivity (Wildman–Crippen MR) is 72.6 cm³/mol. The molecular weight excluding hydrogens is 232 g/mol. The van der Waals surface area contributed by atoms with Gasteiger partial charge in [-0.05, 0) is 47.1 Å². The van der Waals surface area contributed by atoms with Crippen LogP contribution in [0.3, 0.4) is 0 Å². The van der Waals surface area contributed by atoms with Crippen LogP contribution >= 0.6 is 0 Å². The third-order valence-corrected chi connectivity index (χ3v) is 2.47. The van der Waals surface area contributed by atoms with Gasteiger partial charge in [0.1, 0.15) is 5.60 Å². The summed E-state index contributed by atoms with van der Waals surface area (Å²) in [4.78, 5) is 11.3. The number of carbonyl (C=O) groups excluding carboxylic acids is 1. The summed E-state index contributed by atoms with van der Waals surface area (Å²) in [5.74, 6) is 0. The Balaban J connectivity index is 3.49. The summed E-state index contributed by atoms with van der Waals surface area (Å²) in [6, 6.07) is 0. The van der Waals surface area contributed by atoms with E-state index in [9.17, 15) is 9.90 Å². The maximum Gasteiger partial charge on any atom is 0.407 e. The van der Waals surface area contributed by atoms with Crippen LogP contribution < -0.4 is 10.6 Å². The highest BCUT2D eigenvalue weighted by Gasteiger charge is 2.16. The fourth-order valence-corrected chi connectivity index (χ4v) is 1.20. The van der Waals surface area contributed by atoms with Gasteiger partial charge in [0.05, 0.1) is 5.60 Å². The average molecular weight is 260 g/mol. The van der Waals surface area contributed by atoms with Crippen LogP contribution in [0, 0.1) is 0 Å². The van der Waals surface area contributed by atoms with Crippen LogP contribution in [-0.4, -0.2) is 42.0 Å². The lowest BCUT2D eigenvalue weighted by molar-refractivity contribution is 0.0515. The molecule has 0 aliphatic heterocycles. The Hall–Kier alpha value is -0.810. The first-order valence-electron chi connectivity index (χ1n) is 6.56. The number of hydrogen-bond donors (Lipinski definition) is 3. The zero-order valence-electron chi connectivity index (χ0n) is 12.3. The van der Waals surface area contributed by atoms with Crippen molar-refractivity contribution in [3.8, 4) is 0 Å². The second-order valence-corrected chi connectivity index (χ2v) is 5.81. The molecule has 0 aromatic rings. The van der Waals surface area contributed by atoms with Gasteiger partial charge in [-0.2, -0.15) is 0 Å². The number of nitrogens with one attached hydrogen (secondary N) is 2. The molecule has 0 spiro atoms. The molecule has 0 bridgehead atoms. The van der Waals surface area contributed by atoms with Crippen molar-refractivity contribution >= 4 is 6.09 Å². The monoisotopic (exact) mass is 260 g/mol. The van der Waals surface area contributed by atoms with Crippen molar-refractivity contribution in [1.29, 1.82) is 0 Å². The van der Waals surface area contributed by atoms with Gasteiger partial charge in [-0.3, -0.25) is 0 Å². The molecule has 18 heavy (non-hydrogen) atoms. The van der Waals surface area contributed by atoms with Gasteiger partial charge in [0, 0.05) is 13.1 Å². The number of carbonyl (C=O) groups is 1. The van der Waals surface area contributed by atoms with E-state index >= 15 is 0 Å². The van der Waals surface area contributed by atoms with Crippen LogP contribution in [0.2, 0.25) is 0 Å². The van der Waals surface area contributed by atoms with Crippen molar-refractivity contribution in [3.05, 3.63) is 0 Å². The molecule has 108 valence electrons. The fraction of sp³-hybridized carbons (Fsp3) is 0.923. The number of alkyl carbamates (subject to hydrolysis) is 1. The molecule has 0 aliphatic rings. The van der Waals surface area contributed by atoms with Crippen molar-refractivity contribution in [1.82, 2.24) is 10.6 Å². The molecule has 0 heterocycles. The summed E-state index contributed by atoms with van der Waals surface area (Å²) in [7, 11) is 0. The molecule has 0 fully saturated rings. The normalized spacial score (nSPS) is 15.0. The number of rotatable bonds is 7. The maximum absolute atomic E-state index is 11.3. The molecular formula is C13H28N2O3. The molecule has 0 saturated carbocycles. The molecule has 0 aromatic heterocycles. The van der Waals surface area contributed by atoms with Gasteiger partial charge in [0.25, 0.3) is 0 Å². The molecule has 3 N–H and O–H groups in total. The molecule has 1 unspecified atom stereocenters. The third kappa shape index (κ3) is 10.4. The summed E-state index contributed by atoms with van der Waals surface area (Å²) in [6.07, 6.45) is 1.14. The standard InChI is InChI=1S/C13H28N2O3/c1-6-13(5,17)10-14-8-7-9-15-11(16)18-12(2,3)4/h14,17H,6-10H2,1-5H3,(H,15,16). The van der Waals surface area contributed by atoms with E-state index in [0.29, 0.717) is 13.1 Å². The number of hydrogen-bond acceptors (Lipinski definition) is 4. The van der Waals surface area contributed by atoms with Crippen molar-refractivity contribution in [2.75, 3.05) is 19.6 Å². The van der Waals surface area contributed by atoms with Crippen LogP contribution in [0.1, 0.15) is 47.5 Å². The Morgan fingerprint density at radius 2 is 1.83 bits per heavy atom. The molecule has 0 aliphatic carbocycles. The minimum Gasteiger partial charge on any atom is -0.444 e. The summed E-state index contributed by atoms with van der Waals surface area (Å²) in [6.45, 7) is 11.1. The predicted octanol–water partition coefficient (Wildman–Crippen LogP) is 1.65. The van der Waals surface area contributed by atoms with Gasteiger partial charge in [0.15, 0.2) is 0 Å². The number of aliphatic hydroxyl groups is 1. The smallest absolute Gasteiger partial charge is 0.407 e. The van der Waals surface area contributed by atoms with Crippen LogP contribution in [0.5, 0.6) is 0 Å². The quantitative estimate of drug-likeness (QED) is 0.609. The minimum absolute atomic E-state index is 0.386. The van der Waals surface area contributed by atoms with Gasteiger partial charge in [-0.25, -0.2) is 4.79 Å². The van der Waals surface area contributed by atoms with Gasteiger partial charge in [-0.1, -0.05) is 6.92 Å². The molecule has 0 aromatic carbocycles. The fourth-order valence-electron chi connectivity index (χ4n) is 1.20. The first-order valence-corrected chi connectivity index (χ1v) is 6.56. The first kappa shape index (κ1) is 17.2. The van der Waals surface area contributed by atoms with E-state index in [1.807, 2.05) is 27.7 Å². The van der Waals surface area contributed by atoms with Crippen LogP contribution in [-0.2, 0) is 4.74 Å². The highest BCUT2D eigenvalue weighted by Crippen LogP contribution is 2.06. The summed E-state index contributed by atoms with van der Waals surface area (Å²) in [5.41, 5.74) is -1.11. The van der Waals surface area contributed by atoms with E-state index in [1.54, 1.807) is 6.92 Å². The summed E-state index contributed by atoms with van der Waals surface area (Å²) in [5, 5.41) is 15.6. The van der Waals surface area contributed by atoms with E-state index in [-0.39, 0.29) is 6.09 Å². The first-order chi connectivity index (χ1) is 8.16. The second kappa shape index (κ2) is 7.59. The van der Waals surface area contributed by atoms with E-state index in [4.69, 9.17) is 4.74 Å². The summed E-state index contributed by atoms with van der Waals surface area (Å²) >= 11 is 0. The molecule has 5 heteroatoms. The van der Waals surface area contributed by atoms with Crippen molar-refractivity contribution in [3.63, 3.8) is 0 Å². The molecule has 1 atom stereocenters. The number of ether oxygens (including phenoxy) is 1.